The zero-order valence-electron chi connectivity index (χ0n) is 19.4. The second kappa shape index (κ2) is 16.6. The van der Waals surface area contributed by atoms with Gasteiger partial charge >= 0.3 is 0 Å². The first-order valence-corrected chi connectivity index (χ1v) is 11.8. The molecule has 2 aliphatic heterocycles. The Morgan fingerprint density at radius 2 is 1.91 bits per heavy atom. The lowest BCUT2D eigenvalue weighted by Crippen LogP contribution is -2.38. The number of rotatable bonds is 12. The molecule has 2 fully saturated rings. The number of hydrogen-bond acceptors (Lipinski definition) is 5. The molecule has 1 atom stereocenters. The predicted molar refractivity (Wildman–Crippen MR) is 138 cm³/mol. The Hall–Kier alpha value is -0.940. The molecule has 0 spiro atoms. The maximum Gasteiger partial charge on any atom is 0.191 e. The fourth-order valence-electron chi connectivity index (χ4n) is 3.73. The van der Waals surface area contributed by atoms with Crippen LogP contribution < -0.4 is 10.6 Å². The zero-order valence-corrected chi connectivity index (χ0v) is 21.7. The highest BCUT2D eigenvalue weighted by atomic mass is 127. The van der Waals surface area contributed by atoms with Gasteiger partial charge in [0, 0.05) is 45.4 Å². The summed E-state index contributed by atoms with van der Waals surface area (Å²) in [7, 11) is 0. The van der Waals surface area contributed by atoms with Gasteiger partial charge in [0.2, 0.25) is 0 Å². The molecule has 32 heavy (non-hydrogen) atoms. The molecule has 2 heterocycles. The number of guanidine groups is 1. The summed E-state index contributed by atoms with van der Waals surface area (Å²) in [6.07, 6.45) is 4.37. The van der Waals surface area contributed by atoms with Crippen LogP contribution in [0.5, 0.6) is 0 Å². The molecule has 2 saturated heterocycles. The SMILES string of the molecule is CCNC(=NCc1cccc(COC2CCOCC2)c1)NCCCOCC1CCOC1.I. The number of aliphatic imine (C=N–C) groups is 1. The van der Waals surface area contributed by atoms with Crippen molar-refractivity contribution < 1.29 is 18.9 Å². The zero-order chi connectivity index (χ0) is 21.6. The van der Waals surface area contributed by atoms with E-state index in [2.05, 4.69) is 41.8 Å². The van der Waals surface area contributed by atoms with Gasteiger partial charge < -0.3 is 29.6 Å². The molecule has 0 saturated carbocycles. The van der Waals surface area contributed by atoms with Crippen molar-refractivity contribution >= 4 is 29.9 Å². The van der Waals surface area contributed by atoms with Crippen LogP contribution in [0.25, 0.3) is 0 Å². The normalized spacial score (nSPS) is 19.5. The highest BCUT2D eigenvalue weighted by Crippen LogP contribution is 2.15. The van der Waals surface area contributed by atoms with Gasteiger partial charge in [0.25, 0.3) is 0 Å². The Kier molecular flexibility index (Phi) is 14.2. The molecule has 182 valence electrons. The van der Waals surface area contributed by atoms with Crippen LogP contribution in [0.15, 0.2) is 29.3 Å². The van der Waals surface area contributed by atoms with Crippen LogP contribution in [0, 0.1) is 5.92 Å². The van der Waals surface area contributed by atoms with Gasteiger partial charge in [0.1, 0.15) is 0 Å². The smallest absolute Gasteiger partial charge is 0.191 e. The lowest BCUT2D eigenvalue weighted by molar-refractivity contribution is -0.0390. The van der Waals surface area contributed by atoms with Gasteiger partial charge in [-0.3, -0.25) is 0 Å². The first-order valence-electron chi connectivity index (χ1n) is 11.8. The Bertz CT molecular complexity index is 650. The fourth-order valence-corrected chi connectivity index (χ4v) is 3.73. The summed E-state index contributed by atoms with van der Waals surface area (Å²) in [5.41, 5.74) is 2.38. The van der Waals surface area contributed by atoms with E-state index in [1.54, 1.807) is 0 Å². The van der Waals surface area contributed by atoms with Crippen molar-refractivity contribution in [1.29, 1.82) is 0 Å². The standard InChI is InChI=1S/C24H39N3O4.HI/c1-2-25-24(26-10-4-11-29-17-22-7-12-30-18-22)27-16-20-5-3-6-21(15-20)19-31-23-8-13-28-14-9-23;/h3,5-6,15,22-23H,2,4,7-14,16-19H2,1H3,(H2,25,26,27);1H. The first kappa shape index (κ1) is 27.3. The molecule has 8 heteroatoms. The topological polar surface area (TPSA) is 73.3 Å². The number of ether oxygens (including phenoxy) is 4. The Balaban J connectivity index is 0.00000363. The Morgan fingerprint density at radius 1 is 1.09 bits per heavy atom. The molecule has 1 unspecified atom stereocenters. The average molecular weight is 562 g/mol. The van der Waals surface area contributed by atoms with Crippen molar-refractivity contribution in [3.63, 3.8) is 0 Å². The van der Waals surface area contributed by atoms with Gasteiger partial charge in [0.15, 0.2) is 5.96 Å². The lowest BCUT2D eigenvalue weighted by atomic mass is 10.1. The second-order valence-electron chi connectivity index (χ2n) is 8.22. The van der Waals surface area contributed by atoms with Crippen LogP contribution in [0.1, 0.15) is 43.7 Å². The van der Waals surface area contributed by atoms with E-state index in [0.29, 0.717) is 25.2 Å². The molecule has 0 amide bonds. The van der Waals surface area contributed by atoms with Crippen molar-refractivity contribution in [2.24, 2.45) is 10.9 Å². The largest absolute Gasteiger partial charge is 0.381 e. The van der Waals surface area contributed by atoms with Crippen LogP contribution >= 0.6 is 24.0 Å². The van der Waals surface area contributed by atoms with Crippen LogP contribution in [-0.2, 0) is 32.1 Å². The lowest BCUT2D eigenvalue weighted by Gasteiger charge is -2.22. The maximum atomic E-state index is 6.05. The molecule has 2 N–H and O–H groups in total. The quantitative estimate of drug-likeness (QED) is 0.176. The van der Waals surface area contributed by atoms with Crippen LogP contribution in [0.4, 0.5) is 0 Å². The fraction of sp³-hybridized carbons (Fsp3) is 0.708. The molecule has 0 aliphatic carbocycles. The van der Waals surface area contributed by atoms with Crippen LogP contribution in [-0.4, -0.2) is 64.8 Å². The van der Waals surface area contributed by atoms with Gasteiger partial charge in [-0.05, 0) is 43.7 Å². The number of hydrogen-bond donors (Lipinski definition) is 2. The molecule has 1 aromatic carbocycles. The summed E-state index contributed by atoms with van der Waals surface area (Å²) >= 11 is 0. The molecule has 7 nitrogen and oxygen atoms in total. The first-order chi connectivity index (χ1) is 15.3. The molecule has 0 bridgehead atoms. The van der Waals surface area contributed by atoms with Gasteiger partial charge in [-0.15, -0.1) is 24.0 Å². The summed E-state index contributed by atoms with van der Waals surface area (Å²) < 4.78 is 22.6. The minimum absolute atomic E-state index is 0. The molecule has 0 radical (unpaired) electrons. The monoisotopic (exact) mass is 561 g/mol. The summed E-state index contributed by atoms with van der Waals surface area (Å²) in [6.45, 7) is 9.95. The van der Waals surface area contributed by atoms with Crippen molar-refractivity contribution in [3.8, 4) is 0 Å². The summed E-state index contributed by atoms with van der Waals surface area (Å²) in [5.74, 6) is 1.42. The molecule has 3 rings (SSSR count). The number of benzene rings is 1. The van der Waals surface area contributed by atoms with Gasteiger partial charge in [0.05, 0.1) is 32.5 Å². The number of nitrogens with one attached hydrogen (secondary N) is 2. The van der Waals surface area contributed by atoms with Gasteiger partial charge in [-0.1, -0.05) is 24.3 Å². The molecule has 0 aromatic heterocycles. The highest BCUT2D eigenvalue weighted by Gasteiger charge is 2.15. The molecular formula is C24H40IN3O4. The third kappa shape index (κ3) is 10.8. The van der Waals surface area contributed by atoms with Crippen LogP contribution in [0.2, 0.25) is 0 Å². The minimum Gasteiger partial charge on any atom is -0.381 e. The minimum atomic E-state index is 0. The van der Waals surface area contributed by atoms with E-state index in [4.69, 9.17) is 23.9 Å². The predicted octanol–water partition coefficient (Wildman–Crippen LogP) is 3.50. The van der Waals surface area contributed by atoms with E-state index in [0.717, 1.165) is 84.4 Å². The van der Waals surface area contributed by atoms with E-state index in [1.165, 1.54) is 11.1 Å². The second-order valence-corrected chi connectivity index (χ2v) is 8.22. The third-order valence-electron chi connectivity index (χ3n) is 5.54. The molecule has 2 aliphatic rings. The van der Waals surface area contributed by atoms with E-state index >= 15 is 0 Å². The van der Waals surface area contributed by atoms with Crippen molar-refractivity contribution in [3.05, 3.63) is 35.4 Å². The van der Waals surface area contributed by atoms with Crippen molar-refractivity contribution in [1.82, 2.24) is 10.6 Å². The molecular weight excluding hydrogens is 521 g/mol. The average Bonchev–Trinajstić information content (AvgIpc) is 3.33. The molecule has 1 aromatic rings. The van der Waals surface area contributed by atoms with E-state index in [-0.39, 0.29) is 24.0 Å². The van der Waals surface area contributed by atoms with E-state index in [9.17, 15) is 0 Å². The Morgan fingerprint density at radius 3 is 2.69 bits per heavy atom. The summed E-state index contributed by atoms with van der Waals surface area (Å²) in [4.78, 5) is 4.74. The number of halogens is 1. The van der Waals surface area contributed by atoms with Crippen LogP contribution in [0.3, 0.4) is 0 Å². The highest BCUT2D eigenvalue weighted by molar-refractivity contribution is 14.0. The van der Waals surface area contributed by atoms with E-state index in [1.807, 2.05) is 0 Å². The van der Waals surface area contributed by atoms with Gasteiger partial charge in [-0.2, -0.15) is 0 Å². The maximum absolute atomic E-state index is 6.05. The Labute approximate surface area is 210 Å². The van der Waals surface area contributed by atoms with Crippen molar-refractivity contribution in [2.75, 3.05) is 52.7 Å². The van der Waals surface area contributed by atoms with E-state index < -0.39 is 0 Å². The summed E-state index contributed by atoms with van der Waals surface area (Å²) in [6, 6.07) is 8.51. The third-order valence-corrected chi connectivity index (χ3v) is 5.54. The number of nitrogens with zero attached hydrogens (tertiary/aromatic N) is 1. The summed E-state index contributed by atoms with van der Waals surface area (Å²) in [5, 5.41) is 6.72. The van der Waals surface area contributed by atoms with Crippen molar-refractivity contribution in [2.45, 2.75) is 51.9 Å². The van der Waals surface area contributed by atoms with Gasteiger partial charge in [-0.25, -0.2) is 4.99 Å².